The summed E-state index contributed by atoms with van der Waals surface area (Å²) in [4.78, 5) is 36.4. The fraction of sp³-hybridized carbons (Fsp3) is 0.400. The van der Waals surface area contributed by atoms with Crippen molar-refractivity contribution in [2.45, 2.75) is 56.8 Å². The second kappa shape index (κ2) is 10.4. The number of unbranched alkanes of at least 4 members (excludes halogenated alkanes) is 1. The molecule has 2 aromatic rings. The summed E-state index contributed by atoms with van der Waals surface area (Å²) in [6.45, 7) is 2.12. The van der Waals surface area contributed by atoms with Crippen LogP contribution in [0.3, 0.4) is 0 Å². The number of aliphatic carboxylic acids is 1. The minimum atomic E-state index is -5.24. The number of amides is 2. The van der Waals surface area contributed by atoms with Gasteiger partial charge >= 0.3 is 18.2 Å². The van der Waals surface area contributed by atoms with E-state index in [2.05, 4.69) is 5.32 Å². The van der Waals surface area contributed by atoms with Crippen LogP contribution in [0.4, 0.5) is 18.0 Å². The predicted molar refractivity (Wildman–Crippen MR) is 122 cm³/mol. The van der Waals surface area contributed by atoms with E-state index in [0.29, 0.717) is 19.8 Å². The lowest BCUT2D eigenvalue weighted by Gasteiger charge is -2.30. The summed E-state index contributed by atoms with van der Waals surface area (Å²) in [7, 11) is 0. The molecule has 0 aliphatic heterocycles. The number of halogens is 3. The normalized spacial score (nSPS) is 15.3. The Morgan fingerprint density at radius 2 is 1.57 bits per heavy atom. The number of fused-ring (bicyclic) bond motifs is 3. The van der Waals surface area contributed by atoms with Crippen LogP contribution in [0.15, 0.2) is 48.5 Å². The number of ether oxygens (including phenoxy) is 1. The van der Waals surface area contributed by atoms with Gasteiger partial charge in [-0.1, -0.05) is 68.3 Å². The van der Waals surface area contributed by atoms with Gasteiger partial charge in [-0.05, 0) is 35.6 Å². The van der Waals surface area contributed by atoms with Crippen molar-refractivity contribution < 1.29 is 37.4 Å². The van der Waals surface area contributed by atoms with Crippen molar-refractivity contribution in [1.82, 2.24) is 10.6 Å². The zero-order valence-corrected chi connectivity index (χ0v) is 19.3. The molecule has 1 aliphatic carbocycles. The predicted octanol–water partition coefficient (Wildman–Crippen LogP) is 4.61. The summed E-state index contributed by atoms with van der Waals surface area (Å²) < 4.78 is 45.3. The molecule has 0 heterocycles. The lowest BCUT2D eigenvalue weighted by molar-refractivity contribution is -0.207. The average molecular weight is 492 g/mol. The van der Waals surface area contributed by atoms with Gasteiger partial charge in [0.1, 0.15) is 12.6 Å². The Labute approximate surface area is 200 Å². The van der Waals surface area contributed by atoms with Crippen LogP contribution in [0.2, 0.25) is 0 Å². The molecular weight excluding hydrogens is 465 g/mol. The Morgan fingerprint density at radius 3 is 2.06 bits per heavy atom. The summed E-state index contributed by atoms with van der Waals surface area (Å²) in [6.07, 6.45) is -5.19. The lowest BCUT2D eigenvalue weighted by atomic mass is 9.98. The SMILES string of the molecule is CCCC[C@H](NC(=O)OCC1c2ccccc2-c2ccccc21)C(=O)NC(C)(C(=O)O)C(F)(F)F. The van der Waals surface area contributed by atoms with Crippen LogP contribution in [0, 0.1) is 0 Å². The van der Waals surface area contributed by atoms with Crippen LogP contribution < -0.4 is 10.6 Å². The van der Waals surface area contributed by atoms with Gasteiger partial charge in [0, 0.05) is 5.92 Å². The molecule has 0 saturated carbocycles. The molecule has 0 spiro atoms. The minimum Gasteiger partial charge on any atom is -0.479 e. The van der Waals surface area contributed by atoms with Gasteiger partial charge in [0.25, 0.3) is 0 Å². The first-order chi connectivity index (χ1) is 16.5. The summed E-state index contributed by atoms with van der Waals surface area (Å²) in [5, 5.41) is 12.9. The van der Waals surface area contributed by atoms with E-state index in [1.165, 1.54) is 5.32 Å². The lowest BCUT2D eigenvalue weighted by Crippen LogP contribution is -2.64. The van der Waals surface area contributed by atoms with Gasteiger partial charge in [0.2, 0.25) is 11.4 Å². The Kier molecular flexibility index (Phi) is 7.72. The number of nitrogens with one attached hydrogen (secondary N) is 2. The van der Waals surface area contributed by atoms with Gasteiger partial charge in [0.15, 0.2) is 0 Å². The summed E-state index contributed by atoms with van der Waals surface area (Å²) in [5.41, 5.74) is 0.500. The number of hydrogen-bond donors (Lipinski definition) is 3. The molecule has 35 heavy (non-hydrogen) atoms. The maximum atomic E-state index is 13.3. The fourth-order valence-electron chi connectivity index (χ4n) is 4.04. The highest BCUT2D eigenvalue weighted by atomic mass is 19.4. The van der Waals surface area contributed by atoms with Gasteiger partial charge in [-0.15, -0.1) is 0 Å². The molecule has 2 amide bonds. The number of carboxylic acids is 1. The Balaban J connectivity index is 1.70. The molecule has 0 saturated heterocycles. The molecule has 188 valence electrons. The van der Waals surface area contributed by atoms with Gasteiger partial charge in [0.05, 0.1) is 0 Å². The number of benzene rings is 2. The maximum absolute atomic E-state index is 13.3. The van der Waals surface area contributed by atoms with Gasteiger partial charge in [-0.25, -0.2) is 9.59 Å². The highest BCUT2D eigenvalue weighted by molar-refractivity contribution is 5.91. The number of carbonyl (C=O) groups excluding carboxylic acids is 2. The van der Waals surface area contributed by atoms with Crippen molar-refractivity contribution in [3.63, 3.8) is 0 Å². The Morgan fingerprint density at radius 1 is 1.03 bits per heavy atom. The molecule has 1 unspecified atom stereocenters. The summed E-state index contributed by atoms with van der Waals surface area (Å²) >= 11 is 0. The zero-order chi connectivity index (χ0) is 25.8. The van der Waals surface area contributed by atoms with Gasteiger partial charge in [-0.2, -0.15) is 13.2 Å². The van der Waals surface area contributed by atoms with Gasteiger partial charge < -0.3 is 20.5 Å². The van der Waals surface area contributed by atoms with Crippen molar-refractivity contribution in [3.8, 4) is 11.1 Å². The molecule has 0 bridgehead atoms. The van der Waals surface area contributed by atoms with Gasteiger partial charge in [-0.3, -0.25) is 4.79 Å². The largest absolute Gasteiger partial charge is 0.479 e. The number of carbonyl (C=O) groups is 3. The molecular formula is C25H27F3N2O5. The van der Waals surface area contributed by atoms with Crippen LogP contribution >= 0.6 is 0 Å². The quantitative estimate of drug-likeness (QED) is 0.474. The van der Waals surface area contributed by atoms with E-state index in [4.69, 9.17) is 9.84 Å². The topological polar surface area (TPSA) is 105 Å². The van der Waals surface area contributed by atoms with E-state index in [-0.39, 0.29) is 18.9 Å². The third-order valence-electron chi connectivity index (χ3n) is 6.17. The van der Waals surface area contributed by atoms with Crippen LogP contribution in [-0.4, -0.2) is 47.4 Å². The number of carboxylic acid groups (broad SMARTS) is 1. The Bertz CT molecular complexity index is 1060. The molecule has 2 aromatic carbocycles. The number of alkyl carbamates (subject to hydrolysis) is 1. The number of alkyl halides is 3. The van der Waals surface area contributed by atoms with E-state index in [1.807, 2.05) is 48.5 Å². The summed E-state index contributed by atoms with van der Waals surface area (Å²) in [6, 6.07) is 14.0. The minimum absolute atomic E-state index is 0.0140. The van der Waals surface area contributed by atoms with E-state index in [9.17, 15) is 27.6 Å². The second-order valence-corrected chi connectivity index (χ2v) is 8.58. The van der Waals surface area contributed by atoms with Crippen LogP contribution in [-0.2, 0) is 14.3 Å². The molecule has 0 aromatic heterocycles. The molecule has 1 aliphatic rings. The fourth-order valence-corrected chi connectivity index (χ4v) is 4.04. The molecule has 2 atom stereocenters. The van der Waals surface area contributed by atoms with Crippen molar-refractivity contribution in [2.75, 3.05) is 6.61 Å². The third kappa shape index (κ3) is 5.41. The summed E-state index contributed by atoms with van der Waals surface area (Å²) in [5.74, 6) is -3.75. The van der Waals surface area contributed by atoms with Crippen LogP contribution in [0.25, 0.3) is 11.1 Å². The average Bonchev–Trinajstić information content (AvgIpc) is 3.13. The van der Waals surface area contributed by atoms with E-state index >= 15 is 0 Å². The Hall–Kier alpha value is -3.56. The smallest absolute Gasteiger partial charge is 0.422 e. The van der Waals surface area contributed by atoms with Crippen molar-refractivity contribution in [3.05, 3.63) is 59.7 Å². The maximum Gasteiger partial charge on any atom is 0.422 e. The van der Waals surface area contributed by atoms with E-state index < -0.39 is 35.7 Å². The third-order valence-corrected chi connectivity index (χ3v) is 6.17. The van der Waals surface area contributed by atoms with Crippen LogP contribution in [0.1, 0.15) is 50.2 Å². The van der Waals surface area contributed by atoms with Crippen LogP contribution in [0.5, 0.6) is 0 Å². The highest BCUT2D eigenvalue weighted by Gasteiger charge is 2.58. The first kappa shape index (κ1) is 26.1. The zero-order valence-electron chi connectivity index (χ0n) is 19.3. The second-order valence-electron chi connectivity index (χ2n) is 8.58. The monoisotopic (exact) mass is 492 g/mol. The van der Waals surface area contributed by atoms with Crippen molar-refractivity contribution >= 4 is 18.0 Å². The molecule has 10 heteroatoms. The van der Waals surface area contributed by atoms with Crippen molar-refractivity contribution in [2.24, 2.45) is 0 Å². The first-order valence-corrected chi connectivity index (χ1v) is 11.2. The standard InChI is InChI=1S/C25H27F3N2O5/c1-3-4-13-20(21(31)30-24(2,22(32)33)25(26,27)28)29-23(34)35-14-19-17-11-7-5-9-15(17)16-10-6-8-12-18(16)19/h5-12,19-20H,3-4,13-14H2,1-2H3,(H,29,34)(H,30,31)(H,32,33)/t20-,24?/m0/s1. The molecule has 3 rings (SSSR count). The molecule has 0 radical (unpaired) electrons. The van der Waals surface area contributed by atoms with Crippen molar-refractivity contribution in [1.29, 1.82) is 0 Å². The first-order valence-electron chi connectivity index (χ1n) is 11.2. The van der Waals surface area contributed by atoms with E-state index in [0.717, 1.165) is 22.3 Å². The number of rotatable bonds is 9. The van der Waals surface area contributed by atoms with E-state index in [1.54, 1.807) is 6.92 Å². The highest BCUT2D eigenvalue weighted by Crippen LogP contribution is 2.44. The molecule has 7 nitrogen and oxygen atoms in total. The molecule has 0 fully saturated rings. The molecule has 3 N–H and O–H groups in total. The number of hydrogen-bond acceptors (Lipinski definition) is 4.